The average Bonchev–Trinajstić information content (AvgIpc) is 2.89. The lowest BCUT2D eigenvalue weighted by Crippen LogP contribution is -2.27. The van der Waals surface area contributed by atoms with E-state index in [2.05, 4.69) is 20.5 Å². The van der Waals surface area contributed by atoms with Crippen LogP contribution in [0.3, 0.4) is 0 Å². The van der Waals surface area contributed by atoms with Crippen molar-refractivity contribution < 1.29 is 0 Å². The van der Waals surface area contributed by atoms with Gasteiger partial charge in [-0.05, 0) is 31.5 Å². The molecule has 0 radical (unpaired) electrons. The second-order valence-corrected chi connectivity index (χ2v) is 4.99. The number of H-pyrrole nitrogens is 1. The van der Waals surface area contributed by atoms with Gasteiger partial charge in [0.15, 0.2) is 5.82 Å². The van der Waals surface area contributed by atoms with Gasteiger partial charge in [0.1, 0.15) is 5.82 Å². The van der Waals surface area contributed by atoms with Crippen molar-refractivity contribution in [1.29, 1.82) is 0 Å². The normalized spacial score (nSPS) is 19.9. The molecule has 5 heteroatoms. The summed E-state index contributed by atoms with van der Waals surface area (Å²) < 4.78 is 0. The number of piperidine rings is 1. The van der Waals surface area contributed by atoms with E-state index in [1.165, 1.54) is 12.8 Å². The molecule has 0 spiro atoms. The van der Waals surface area contributed by atoms with Crippen LogP contribution in [0.4, 0.5) is 0 Å². The maximum atomic E-state index is 5.97. The van der Waals surface area contributed by atoms with E-state index in [1.807, 2.05) is 24.3 Å². The minimum atomic E-state index is 0.305. The van der Waals surface area contributed by atoms with E-state index < -0.39 is 0 Å². The molecule has 1 aromatic heterocycles. The molecule has 2 N–H and O–H groups in total. The van der Waals surface area contributed by atoms with E-state index >= 15 is 0 Å². The van der Waals surface area contributed by atoms with Crippen LogP contribution in [-0.4, -0.2) is 21.7 Å². The van der Waals surface area contributed by atoms with Gasteiger partial charge in [0.2, 0.25) is 0 Å². The third kappa shape index (κ3) is 2.40. The second-order valence-electron chi connectivity index (χ2n) is 4.56. The average molecular weight is 263 g/mol. The molecule has 2 heterocycles. The molecule has 0 bridgehead atoms. The minimum Gasteiger partial charge on any atom is -0.307 e. The van der Waals surface area contributed by atoms with Crippen molar-refractivity contribution in [3.05, 3.63) is 35.1 Å². The zero-order chi connectivity index (χ0) is 12.4. The molecule has 2 aromatic rings. The summed E-state index contributed by atoms with van der Waals surface area (Å²) in [6.07, 6.45) is 3.60. The number of benzene rings is 1. The summed E-state index contributed by atoms with van der Waals surface area (Å²) in [6, 6.07) is 7.91. The Morgan fingerprint density at radius 3 is 3.00 bits per heavy atom. The number of hydrogen-bond donors (Lipinski definition) is 2. The molecule has 94 valence electrons. The molecule has 0 amide bonds. The van der Waals surface area contributed by atoms with Gasteiger partial charge in [-0.1, -0.05) is 30.2 Å². The molecule has 1 fully saturated rings. The molecule has 1 atom stereocenters. The molecule has 0 saturated carbocycles. The number of aromatic nitrogens is 3. The SMILES string of the molecule is Clc1cccc(-c2n[nH]c(C3CCCCN3)n2)c1. The van der Waals surface area contributed by atoms with Gasteiger partial charge in [0, 0.05) is 10.6 Å². The van der Waals surface area contributed by atoms with E-state index in [0.717, 1.165) is 24.4 Å². The van der Waals surface area contributed by atoms with Gasteiger partial charge in [0.05, 0.1) is 6.04 Å². The standard InChI is InChI=1S/C13H15ClN4/c14-10-5-3-4-9(8-10)12-16-13(18-17-12)11-6-1-2-7-15-11/h3-5,8,11,15H,1-2,6-7H2,(H,16,17,18). The lowest BCUT2D eigenvalue weighted by atomic mass is 10.0. The Morgan fingerprint density at radius 1 is 1.28 bits per heavy atom. The van der Waals surface area contributed by atoms with Crippen LogP contribution in [0.25, 0.3) is 11.4 Å². The topological polar surface area (TPSA) is 53.6 Å². The Balaban J connectivity index is 1.84. The summed E-state index contributed by atoms with van der Waals surface area (Å²) in [5.74, 6) is 1.63. The zero-order valence-corrected chi connectivity index (χ0v) is 10.7. The van der Waals surface area contributed by atoms with Gasteiger partial charge >= 0.3 is 0 Å². The van der Waals surface area contributed by atoms with Crippen LogP contribution in [0, 0.1) is 0 Å². The van der Waals surface area contributed by atoms with Crippen molar-refractivity contribution >= 4 is 11.6 Å². The van der Waals surface area contributed by atoms with Crippen molar-refractivity contribution in [2.75, 3.05) is 6.54 Å². The number of halogens is 1. The van der Waals surface area contributed by atoms with Crippen LogP contribution >= 0.6 is 11.6 Å². The monoisotopic (exact) mass is 262 g/mol. The van der Waals surface area contributed by atoms with Crippen molar-refractivity contribution in [1.82, 2.24) is 20.5 Å². The first-order chi connectivity index (χ1) is 8.83. The van der Waals surface area contributed by atoms with Crippen LogP contribution in [0.15, 0.2) is 24.3 Å². The largest absolute Gasteiger partial charge is 0.307 e. The maximum absolute atomic E-state index is 5.97. The maximum Gasteiger partial charge on any atom is 0.181 e. The Kier molecular flexibility index (Phi) is 3.30. The molecule has 4 nitrogen and oxygen atoms in total. The molecule has 18 heavy (non-hydrogen) atoms. The van der Waals surface area contributed by atoms with Crippen molar-refractivity contribution in [2.45, 2.75) is 25.3 Å². The molecular formula is C13H15ClN4. The quantitative estimate of drug-likeness (QED) is 0.875. The molecular weight excluding hydrogens is 248 g/mol. The highest BCUT2D eigenvalue weighted by molar-refractivity contribution is 6.30. The summed E-state index contributed by atoms with van der Waals surface area (Å²) in [5.41, 5.74) is 0.945. The van der Waals surface area contributed by atoms with Gasteiger partial charge < -0.3 is 5.32 Å². The van der Waals surface area contributed by atoms with Crippen LogP contribution in [0.5, 0.6) is 0 Å². The van der Waals surface area contributed by atoms with E-state index in [0.29, 0.717) is 16.9 Å². The fraction of sp³-hybridized carbons (Fsp3) is 0.385. The Morgan fingerprint density at radius 2 is 2.22 bits per heavy atom. The Hall–Kier alpha value is -1.39. The van der Waals surface area contributed by atoms with Gasteiger partial charge in [-0.25, -0.2) is 4.98 Å². The molecule has 1 saturated heterocycles. The smallest absolute Gasteiger partial charge is 0.181 e. The first kappa shape index (κ1) is 11.7. The predicted molar refractivity (Wildman–Crippen MR) is 71.4 cm³/mol. The Labute approximate surface area is 111 Å². The molecule has 3 rings (SSSR count). The van der Waals surface area contributed by atoms with Gasteiger partial charge in [-0.3, -0.25) is 5.10 Å². The number of rotatable bonds is 2. The third-order valence-corrected chi connectivity index (χ3v) is 3.46. The summed E-state index contributed by atoms with van der Waals surface area (Å²) in [5, 5.41) is 11.4. The van der Waals surface area contributed by atoms with Crippen LogP contribution in [-0.2, 0) is 0 Å². The summed E-state index contributed by atoms with van der Waals surface area (Å²) in [4.78, 5) is 4.56. The second kappa shape index (κ2) is 5.08. The summed E-state index contributed by atoms with van der Waals surface area (Å²) in [6.45, 7) is 1.05. The van der Waals surface area contributed by atoms with Crippen molar-refractivity contribution in [2.24, 2.45) is 0 Å². The third-order valence-electron chi connectivity index (χ3n) is 3.23. The number of aromatic amines is 1. The lowest BCUT2D eigenvalue weighted by Gasteiger charge is -2.20. The zero-order valence-electron chi connectivity index (χ0n) is 9.99. The highest BCUT2D eigenvalue weighted by Gasteiger charge is 2.18. The van der Waals surface area contributed by atoms with Crippen LogP contribution in [0.2, 0.25) is 5.02 Å². The molecule has 0 aliphatic carbocycles. The molecule has 1 aliphatic rings. The number of nitrogens with zero attached hydrogens (tertiary/aromatic N) is 2. The van der Waals surface area contributed by atoms with Crippen molar-refractivity contribution in [3.8, 4) is 11.4 Å². The minimum absolute atomic E-state index is 0.305. The highest BCUT2D eigenvalue weighted by atomic mass is 35.5. The molecule has 1 aromatic carbocycles. The van der Waals surface area contributed by atoms with E-state index in [1.54, 1.807) is 0 Å². The Bertz CT molecular complexity index is 531. The summed E-state index contributed by atoms with van der Waals surface area (Å²) >= 11 is 5.97. The highest BCUT2D eigenvalue weighted by Crippen LogP contribution is 2.23. The van der Waals surface area contributed by atoms with E-state index in [9.17, 15) is 0 Å². The van der Waals surface area contributed by atoms with Crippen molar-refractivity contribution in [3.63, 3.8) is 0 Å². The first-order valence-corrected chi connectivity index (χ1v) is 6.62. The molecule has 1 unspecified atom stereocenters. The van der Waals surface area contributed by atoms with E-state index in [4.69, 9.17) is 11.6 Å². The first-order valence-electron chi connectivity index (χ1n) is 6.24. The van der Waals surface area contributed by atoms with E-state index in [-0.39, 0.29) is 0 Å². The summed E-state index contributed by atoms with van der Waals surface area (Å²) in [7, 11) is 0. The van der Waals surface area contributed by atoms with Crippen LogP contribution in [0.1, 0.15) is 31.1 Å². The molecule has 1 aliphatic heterocycles. The number of hydrogen-bond acceptors (Lipinski definition) is 3. The predicted octanol–water partition coefficient (Wildman–Crippen LogP) is 2.94. The fourth-order valence-electron chi connectivity index (χ4n) is 2.27. The van der Waals surface area contributed by atoms with Gasteiger partial charge in [-0.15, -0.1) is 0 Å². The number of nitrogens with one attached hydrogen (secondary N) is 2. The van der Waals surface area contributed by atoms with Gasteiger partial charge in [0.25, 0.3) is 0 Å². The fourth-order valence-corrected chi connectivity index (χ4v) is 2.46. The van der Waals surface area contributed by atoms with Crippen LogP contribution < -0.4 is 5.32 Å². The lowest BCUT2D eigenvalue weighted by molar-refractivity contribution is 0.398. The van der Waals surface area contributed by atoms with Gasteiger partial charge in [-0.2, -0.15) is 5.10 Å².